The number of carbonyl (C=O) groups is 1. The molecule has 6 heteroatoms. The molecule has 0 saturated carbocycles. The molecule has 2 rings (SSSR count). The number of carbonyl (C=O) groups excluding carboxylic acids is 1. The molecule has 0 fully saturated rings. The van der Waals surface area contributed by atoms with Gasteiger partial charge in [-0.25, -0.2) is 9.78 Å². The molecular weight excluding hydrogens is 292 g/mol. The summed E-state index contributed by atoms with van der Waals surface area (Å²) in [6.45, 7) is 6.58. The molecule has 0 radical (unpaired) electrons. The zero-order valence-electron chi connectivity index (χ0n) is 13.9. The zero-order valence-corrected chi connectivity index (χ0v) is 13.9. The molecule has 2 aromatic rings. The van der Waals surface area contributed by atoms with E-state index in [2.05, 4.69) is 10.3 Å². The largest absolute Gasteiger partial charge is 0.389 e. The first-order chi connectivity index (χ1) is 10.9. The van der Waals surface area contributed by atoms with Crippen LogP contribution in [0.5, 0.6) is 0 Å². The van der Waals surface area contributed by atoms with Crippen LogP contribution in [0.25, 0.3) is 5.69 Å². The number of hydrogen-bond donors (Lipinski definition) is 2. The molecular formula is C17H24N4O2. The number of nitrogens with zero attached hydrogens (tertiary/aromatic N) is 3. The van der Waals surface area contributed by atoms with Crippen molar-refractivity contribution in [1.29, 1.82) is 0 Å². The van der Waals surface area contributed by atoms with Gasteiger partial charge in [-0.15, -0.1) is 0 Å². The summed E-state index contributed by atoms with van der Waals surface area (Å²) in [5.74, 6) is 0. The average molecular weight is 316 g/mol. The summed E-state index contributed by atoms with van der Waals surface area (Å²) in [5.41, 5.74) is 1.14. The van der Waals surface area contributed by atoms with Crippen LogP contribution in [-0.2, 0) is 6.54 Å². The first kappa shape index (κ1) is 17.0. The summed E-state index contributed by atoms with van der Waals surface area (Å²) in [6, 6.07) is 7.74. The van der Waals surface area contributed by atoms with Gasteiger partial charge in [0, 0.05) is 31.2 Å². The third-order valence-corrected chi connectivity index (χ3v) is 3.43. The molecule has 0 aliphatic carbocycles. The van der Waals surface area contributed by atoms with E-state index in [1.165, 1.54) is 0 Å². The number of benzene rings is 1. The fraction of sp³-hybridized carbons (Fsp3) is 0.412. The summed E-state index contributed by atoms with van der Waals surface area (Å²) >= 11 is 0. The lowest BCUT2D eigenvalue weighted by atomic mass is 10.1. The average Bonchev–Trinajstić information content (AvgIpc) is 3.04. The first-order valence-electron chi connectivity index (χ1n) is 7.71. The maximum atomic E-state index is 12.2. The molecule has 6 nitrogen and oxygen atoms in total. The molecule has 0 atom stereocenters. The molecule has 0 saturated heterocycles. The Labute approximate surface area is 136 Å². The number of nitrogens with one attached hydrogen (secondary N) is 1. The van der Waals surface area contributed by atoms with E-state index in [9.17, 15) is 9.90 Å². The van der Waals surface area contributed by atoms with Crippen LogP contribution < -0.4 is 5.32 Å². The molecule has 1 aromatic heterocycles. The Kier molecular flexibility index (Phi) is 5.39. The summed E-state index contributed by atoms with van der Waals surface area (Å²) < 4.78 is 1.92. The number of hydrogen-bond acceptors (Lipinski definition) is 3. The zero-order chi connectivity index (χ0) is 16.9. The van der Waals surface area contributed by atoms with Crippen LogP contribution in [0.2, 0.25) is 0 Å². The molecule has 0 bridgehead atoms. The molecule has 0 aliphatic rings. The van der Waals surface area contributed by atoms with Gasteiger partial charge < -0.3 is 19.9 Å². The Bertz CT molecular complexity index is 615. The molecule has 2 amide bonds. The van der Waals surface area contributed by atoms with Gasteiger partial charge in [-0.05, 0) is 38.5 Å². The Morgan fingerprint density at radius 2 is 2.04 bits per heavy atom. The van der Waals surface area contributed by atoms with Gasteiger partial charge >= 0.3 is 6.03 Å². The predicted molar refractivity (Wildman–Crippen MR) is 89.3 cm³/mol. The molecule has 2 N–H and O–H groups in total. The highest BCUT2D eigenvalue weighted by Crippen LogP contribution is 2.10. The predicted octanol–water partition coefficient (Wildman–Crippen LogP) is 2.17. The second kappa shape index (κ2) is 7.28. The third kappa shape index (κ3) is 5.10. The number of amides is 2. The lowest BCUT2D eigenvalue weighted by Gasteiger charge is -2.28. The second-order valence-electron chi connectivity index (χ2n) is 6.12. The number of imidazole rings is 1. The molecule has 0 spiro atoms. The van der Waals surface area contributed by atoms with Crippen LogP contribution in [0.4, 0.5) is 4.79 Å². The van der Waals surface area contributed by atoms with Gasteiger partial charge in [0.2, 0.25) is 0 Å². The van der Waals surface area contributed by atoms with Crippen LogP contribution >= 0.6 is 0 Å². The highest BCUT2D eigenvalue weighted by atomic mass is 16.3. The van der Waals surface area contributed by atoms with Crippen LogP contribution in [0, 0.1) is 0 Å². The number of aliphatic hydroxyl groups is 1. The summed E-state index contributed by atoms with van der Waals surface area (Å²) in [5, 5.41) is 12.7. The van der Waals surface area contributed by atoms with E-state index < -0.39 is 5.60 Å². The minimum Gasteiger partial charge on any atom is -0.389 e. The van der Waals surface area contributed by atoms with Gasteiger partial charge in [0.1, 0.15) is 0 Å². The highest BCUT2D eigenvalue weighted by molar-refractivity contribution is 5.74. The van der Waals surface area contributed by atoms with Crippen molar-refractivity contribution in [3.05, 3.63) is 48.5 Å². The molecule has 1 heterocycles. The van der Waals surface area contributed by atoms with Crippen LogP contribution in [0.3, 0.4) is 0 Å². The Hall–Kier alpha value is -2.34. The van der Waals surface area contributed by atoms with Crippen molar-refractivity contribution >= 4 is 6.03 Å². The normalized spacial score (nSPS) is 11.3. The van der Waals surface area contributed by atoms with Gasteiger partial charge in [0.05, 0.1) is 18.5 Å². The number of urea groups is 1. The van der Waals surface area contributed by atoms with Gasteiger partial charge in [-0.3, -0.25) is 0 Å². The topological polar surface area (TPSA) is 70.4 Å². The standard InChI is InChI=1S/C17H24N4O2/c1-4-20(12-17(2,3)23)16(22)19-11-14-5-7-15(8-6-14)21-10-9-18-13-21/h5-10,13,23H,4,11-12H2,1-3H3,(H,19,22). The van der Waals surface area contributed by atoms with Gasteiger partial charge in [-0.1, -0.05) is 12.1 Å². The second-order valence-corrected chi connectivity index (χ2v) is 6.12. The van der Waals surface area contributed by atoms with E-state index in [0.717, 1.165) is 11.3 Å². The van der Waals surface area contributed by atoms with Gasteiger partial charge in [-0.2, -0.15) is 0 Å². The van der Waals surface area contributed by atoms with Crippen molar-refractivity contribution in [2.75, 3.05) is 13.1 Å². The molecule has 23 heavy (non-hydrogen) atoms. The SMILES string of the molecule is CCN(CC(C)(C)O)C(=O)NCc1ccc(-n2ccnc2)cc1. The van der Waals surface area contributed by atoms with Crippen LogP contribution in [-0.4, -0.2) is 44.3 Å². The van der Waals surface area contributed by atoms with E-state index in [0.29, 0.717) is 19.6 Å². The van der Waals surface area contributed by atoms with Crippen LogP contribution in [0.15, 0.2) is 43.0 Å². The number of likely N-dealkylation sites (N-methyl/N-ethyl adjacent to an activating group) is 1. The van der Waals surface area contributed by atoms with Crippen molar-refractivity contribution in [2.24, 2.45) is 0 Å². The number of aromatic nitrogens is 2. The fourth-order valence-corrected chi connectivity index (χ4v) is 2.28. The lowest BCUT2D eigenvalue weighted by molar-refractivity contribution is 0.0480. The highest BCUT2D eigenvalue weighted by Gasteiger charge is 2.20. The summed E-state index contributed by atoms with van der Waals surface area (Å²) in [7, 11) is 0. The Morgan fingerprint density at radius 1 is 1.35 bits per heavy atom. The van der Waals surface area contributed by atoms with Crippen molar-refractivity contribution in [3.63, 3.8) is 0 Å². The quantitative estimate of drug-likeness (QED) is 0.858. The van der Waals surface area contributed by atoms with Gasteiger partial charge in [0.25, 0.3) is 0 Å². The van der Waals surface area contributed by atoms with Crippen LogP contribution in [0.1, 0.15) is 26.3 Å². The first-order valence-corrected chi connectivity index (χ1v) is 7.71. The maximum absolute atomic E-state index is 12.2. The van der Waals surface area contributed by atoms with Crippen molar-refractivity contribution in [2.45, 2.75) is 32.9 Å². The molecule has 0 aliphatic heterocycles. The maximum Gasteiger partial charge on any atom is 0.317 e. The van der Waals surface area contributed by atoms with Gasteiger partial charge in [0.15, 0.2) is 0 Å². The fourth-order valence-electron chi connectivity index (χ4n) is 2.28. The molecule has 0 unspecified atom stereocenters. The minimum atomic E-state index is -0.903. The molecule has 1 aromatic carbocycles. The van der Waals surface area contributed by atoms with Crippen molar-refractivity contribution in [3.8, 4) is 5.69 Å². The van der Waals surface area contributed by atoms with E-state index in [1.54, 1.807) is 31.3 Å². The summed E-state index contributed by atoms with van der Waals surface area (Å²) in [4.78, 5) is 17.8. The monoisotopic (exact) mass is 316 g/mol. The van der Waals surface area contributed by atoms with E-state index in [1.807, 2.05) is 42.0 Å². The van der Waals surface area contributed by atoms with E-state index >= 15 is 0 Å². The van der Waals surface area contributed by atoms with Crippen molar-refractivity contribution in [1.82, 2.24) is 19.8 Å². The molecule has 124 valence electrons. The Morgan fingerprint density at radius 3 is 2.57 bits per heavy atom. The lowest BCUT2D eigenvalue weighted by Crippen LogP contribution is -2.46. The summed E-state index contributed by atoms with van der Waals surface area (Å²) in [6.07, 6.45) is 5.36. The van der Waals surface area contributed by atoms with Crippen molar-refractivity contribution < 1.29 is 9.90 Å². The minimum absolute atomic E-state index is 0.173. The Balaban J connectivity index is 1.91. The van der Waals surface area contributed by atoms with E-state index in [4.69, 9.17) is 0 Å². The smallest absolute Gasteiger partial charge is 0.317 e. The third-order valence-electron chi connectivity index (χ3n) is 3.43. The van der Waals surface area contributed by atoms with E-state index in [-0.39, 0.29) is 6.03 Å². The number of rotatable bonds is 6.